The molecule has 0 saturated carbocycles. The van der Waals surface area contributed by atoms with E-state index in [1.54, 1.807) is 0 Å². The predicted octanol–water partition coefficient (Wildman–Crippen LogP) is 1.74. The molecule has 0 radical (unpaired) electrons. The number of benzene rings is 1. The van der Waals surface area contributed by atoms with Crippen LogP contribution in [0.5, 0.6) is 5.75 Å². The summed E-state index contributed by atoms with van der Waals surface area (Å²) in [5.41, 5.74) is 1.76. The highest BCUT2D eigenvalue weighted by Gasteiger charge is 2.19. The van der Waals surface area contributed by atoms with Crippen LogP contribution in [0, 0.1) is 5.82 Å². The van der Waals surface area contributed by atoms with Gasteiger partial charge in [-0.3, -0.25) is 0 Å². The van der Waals surface area contributed by atoms with Crippen molar-refractivity contribution < 1.29 is 9.50 Å². The first-order chi connectivity index (χ1) is 6.18. The van der Waals surface area contributed by atoms with Crippen LogP contribution < -0.4 is 5.32 Å². The number of hydrogen-bond acceptors (Lipinski definition) is 2. The molecule has 3 heteroatoms. The van der Waals surface area contributed by atoms with Crippen molar-refractivity contribution in [2.75, 3.05) is 6.54 Å². The molecule has 1 heterocycles. The maximum Gasteiger partial charge on any atom is 0.127 e. The molecule has 0 aromatic heterocycles. The molecule has 1 atom stereocenters. The number of aromatic hydroxyl groups is 1. The molecule has 13 heavy (non-hydrogen) atoms. The molecule has 0 amide bonds. The van der Waals surface area contributed by atoms with E-state index in [-0.39, 0.29) is 17.6 Å². The Bertz CT molecular complexity index is 338. The first kappa shape index (κ1) is 8.51. The molecule has 0 aliphatic carbocycles. The quantitative estimate of drug-likeness (QED) is 0.639. The Labute approximate surface area is 76.4 Å². The minimum absolute atomic E-state index is 0.0645. The van der Waals surface area contributed by atoms with E-state index < -0.39 is 0 Å². The number of fused-ring (bicyclic) bond motifs is 1. The van der Waals surface area contributed by atoms with Crippen molar-refractivity contribution in [3.63, 3.8) is 0 Å². The lowest BCUT2D eigenvalue weighted by atomic mass is 9.94. The maximum absolute atomic E-state index is 12.9. The van der Waals surface area contributed by atoms with Gasteiger partial charge >= 0.3 is 0 Å². The van der Waals surface area contributed by atoms with E-state index in [1.165, 1.54) is 12.1 Å². The molecule has 0 bridgehead atoms. The first-order valence-electron chi connectivity index (χ1n) is 4.43. The summed E-state index contributed by atoms with van der Waals surface area (Å²) in [5, 5.41) is 12.7. The lowest BCUT2D eigenvalue weighted by Gasteiger charge is -2.24. The predicted molar refractivity (Wildman–Crippen MR) is 48.2 cm³/mol. The van der Waals surface area contributed by atoms with Gasteiger partial charge in [-0.1, -0.05) is 0 Å². The average Bonchev–Trinajstić information content (AvgIpc) is 2.02. The summed E-state index contributed by atoms with van der Waals surface area (Å²) in [4.78, 5) is 0. The summed E-state index contributed by atoms with van der Waals surface area (Å²) >= 11 is 0. The molecule has 2 rings (SSSR count). The van der Waals surface area contributed by atoms with Crippen LogP contribution >= 0.6 is 0 Å². The Morgan fingerprint density at radius 2 is 2.31 bits per heavy atom. The third-order valence-electron chi connectivity index (χ3n) is 2.49. The van der Waals surface area contributed by atoms with E-state index in [0.29, 0.717) is 0 Å². The molecule has 70 valence electrons. The zero-order valence-corrected chi connectivity index (χ0v) is 7.47. The number of hydrogen-bond donors (Lipinski definition) is 2. The molecule has 2 N–H and O–H groups in total. The van der Waals surface area contributed by atoms with Gasteiger partial charge in [-0.05, 0) is 31.5 Å². The second-order valence-corrected chi connectivity index (χ2v) is 3.42. The molecule has 1 aromatic rings. The van der Waals surface area contributed by atoms with Gasteiger partial charge in [0.25, 0.3) is 0 Å². The second kappa shape index (κ2) is 3.00. The number of phenols is 1. The summed E-state index contributed by atoms with van der Waals surface area (Å²) in [5.74, 6) is -0.292. The monoisotopic (exact) mass is 181 g/mol. The van der Waals surface area contributed by atoms with E-state index >= 15 is 0 Å². The van der Waals surface area contributed by atoms with Crippen molar-refractivity contribution in [2.45, 2.75) is 19.4 Å². The van der Waals surface area contributed by atoms with Crippen molar-refractivity contribution in [3.8, 4) is 5.75 Å². The lowest BCUT2D eigenvalue weighted by Crippen LogP contribution is -2.27. The Hall–Kier alpha value is -1.09. The fourth-order valence-corrected chi connectivity index (χ4v) is 1.89. The Balaban J connectivity index is 2.56. The van der Waals surface area contributed by atoms with Crippen LogP contribution in [0.4, 0.5) is 4.39 Å². The summed E-state index contributed by atoms with van der Waals surface area (Å²) in [6.45, 7) is 2.81. The number of nitrogens with one attached hydrogen (secondary N) is 1. The van der Waals surface area contributed by atoms with E-state index in [1.807, 2.05) is 6.92 Å². The molecular weight excluding hydrogens is 169 g/mol. The second-order valence-electron chi connectivity index (χ2n) is 3.42. The van der Waals surface area contributed by atoms with E-state index in [9.17, 15) is 9.50 Å². The van der Waals surface area contributed by atoms with Crippen molar-refractivity contribution in [3.05, 3.63) is 29.1 Å². The molecule has 1 unspecified atom stereocenters. The van der Waals surface area contributed by atoms with Gasteiger partial charge in [0.2, 0.25) is 0 Å². The van der Waals surface area contributed by atoms with Crippen LogP contribution in [0.3, 0.4) is 0 Å². The Morgan fingerprint density at radius 1 is 1.54 bits per heavy atom. The lowest BCUT2D eigenvalue weighted by molar-refractivity contribution is 0.436. The molecule has 0 fully saturated rings. The third-order valence-corrected chi connectivity index (χ3v) is 2.49. The number of halogens is 1. The summed E-state index contributed by atoms with van der Waals surface area (Å²) in [6, 6.07) is 2.79. The molecule has 1 aliphatic rings. The number of phenolic OH excluding ortho intramolecular Hbond substituents is 1. The van der Waals surface area contributed by atoms with Gasteiger partial charge in [-0.15, -0.1) is 0 Å². The van der Waals surface area contributed by atoms with Gasteiger partial charge in [0.15, 0.2) is 0 Å². The molecular formula is C10H12FNO. The van der Waals surface area contributed by atoms with Gasteiger partial charge in [0, 0.05) is 17.7 Å². The van der Waals surface area contributed by atoms with E-state index in [4.69, 9.17) is 0 Å². The van der Waals surface area contributed by atoms with Crippen LogP contribution in [-0.4, -0.2) is 11.7 Å². The summed E-state index contributed by atoms with van der Waals surface area (Å²) < 4.78 is 12.9. The molecule has 0 spiro atoms. The third kappa shape index (κ3) is 1.40. The van der Waals surface area contributed by atoms with Gasteiger partial charge < -0.3 is 10.4 Å². The number of rotatable bonds is 0. The molecule has 2 nitrogen and oxygen atoms in total. The topological polar surface area (TPSA) is 32.3 Å². The van der Waals surface area contributed by atoms with Crippen molar-refractivity contribution in [1.82, 2.24) is 5.32 Å². The Morgan fingerprint density at radius 3 is 3.08 bits per heavy atom. The van der Waals surface area contributed by atoms with Crippen LogP contribution in [0.2, 0.25) is 0 Å². The summed E-state index contributed by atoms with van der Waals surface area (Å²) in [6.07, 6.45) is 0.783. The largest absolute Gasteiger partial charge is 0.507 e. The SMILES string of the molecule is CC1NCCc2cc(F)cc(O)c21. The minimum Gasteiger partial charge on any atom is -0.507 e. The van der Waals surface area contributed by atoms with Crippen LogP contribution in [0.1, 0.15) is 24.1 Å². The van der Waals surface area contributed by atoms with E-state index in [0.717, 1.165) is 24.1 Å². The van der Waals surface area contributed by atoms with Crippen molar-refractivity contribution in [2.24, 2.45) is 0 Å². The van der Waals surface area contributed by atoms with E-state index in [2.05, 4.69) is 5.32 Å². The van der Waals surface area contributed by atoms with Gasteiger partial charge in [-0.25, -0.2) is 4.39 Å². The zero-order valence-electron chi connectivity index (χ0n) is 7.47. The van der Waals surface area contributed by atoms with Crippen molar-refractivity contribution >= 4 is 0 Å². The minimum atomic E-state index is -0.356. The maximum atomic E-state index is 12.9. The fraction of sp³-hybridized carbons (Fsp3) is 0.400. The van der Waals surface area contributed by atoms with Gasteiger partial charge in [0.1, 0.15) is 11.6 Å². The smallest absolute Gasteiger partial charge is 0.127 e. The Kier molecular flexibility index (Phi) is 1.96. The fourth-order valence-electron chi connectivity index (χ4n) is 1.89. The van der Waals surface area contributed by atoms with Crippen LogP contribution in [-0.2, 0) is 6.42 Å². The van der Waals surface area contributed by atoms with Gasteiger partial charge in [-0.2, -0.15) is 0 Å². The zero-order chi connectivity index (χ0) is 9.42. The molecule has 1 aliphatic heterocycles. The standard InChI is InChI=1S/C10H12FNO/c1-6-10-7(2-3-12-6)4-8(11)5-9(10)13/h4-6,12-13H,2-3H2,1H3. The molecule has 1 aromatic carbocycles. The molecule has 0 saturated heterocycles. The normalized spacial score (nSPS) is 21.2. The highest BCUT2D eigenvalue weighted by molar-refractivity contribution is 5.43. The van der Waals surface area contributed by atoms with Gasteiger partial charge in [0.05, 0.1) is 0 Å². The summed E-state index contributed by atoms with van der Waals surface area (Å²) in [7, 11) is 0. The first-order valence-corrected chi connectivity index (χ1v) is 4.43. The average molecular weight is 181 g/mol. The van der Waals surface area contributed by atoms with Crippen LogP contribution in [0.15, 0.2) is 12.1 Å². The highest BCUT2D eigenvalue weighted by Crippen LogP contribution is 2.31. The highest BCUT2D eigenvalue weighted by atomic mass is 19.1. The van der Waals surface area contributed by atoms with Crippen molar-refractivity contribution in [1.29, 1.82) is 0 Å². The van der Waals surface area contributed by atoms with Crippen LogP contribution in [0.25, 0.3) is 0 Å².